The second-order valence-electron chi connectivity index (χ2n) is 16.1. The number of aliphatic hydroxyl groups excluding tert-OH is 1. The van der Waals surface area contributed by atoms with Crippen molar-refractivity contribution in [2.75, 3.05) is 11.9 Å². The van der Waals surface area contributed by atoms with Crippen molar-refractivity contribution in [3.8, 4) is 0 Å². The van der Waals surface area contributed by atoms with E-state index in [1.807, 2.05) is 182 Å². The topological polar surface area (TPSA) is 141 Å². The predicted octanol–water partition coefficient (Wildman–Crippen LogP) is 9.02. The molecule has 3 heterocycles. The normalized spacial score (nSPS) is 17.4. The quantitative estimate of drug-likeness (QED) is 0.0921. The number of ether oxygens (including phenoxy) is 3. The molecule has 1 fully saturated rings. The van der Waals surface area contributed by atoms with Gasteiger partial charge in [0.1, 0.15) is 29.5 Å². The molecule has 0 bridgehead atoms. The summed E-state index contributed by atoms with van der Waals surface area (Å²) in [6.45, 7) is -0.107. The summed E-state index contributed by atoms with van der Waals surface area (Å²) in [5.74, 6) is -0.559. The highest BCUT2D eigenvalue weighted by molar-refractivity contribution is 6.03. The zero-order valence-corrected chi connectivity index (χ0v) is 35.6. The Balaban J connectivity index is 1.12. The fourth-order valence-electron chi connectivity index (χ4n) is 9.05. The summed E-state index contributed by atoms with van der Waals surface area (Å²) in [7, 11) is 0. The molecular formula is C55H45N5O6. The van der Waals surface area contributed by atoms with Gasteiger partial charge in [0.2, 0.25) is 5.95 Å². The van der Waals surface area contributed by atoms with Gasteiger partial charge in [0.25, 0.3) is 11.5 Å². The number of benzene rings is 7. The molecule has 1 saturated heterocycles. The summed E-state index contributed by atoms with van der Waals surface area (Å²) < 4.78 is 23.5. The summed E-state index contributed by atoms with van der Waals surface area (Å²) in [5, 5.41) is 15.7. The van der Waals surface area contributed by atoms with Crippen molar-refractivity contribution in [2.45, 2.75) is 35.7 Å². The molecule has 66 heavy (non-hydrogen) atoms. The second kappa shape index (κ2) is 18.4. The number of anilines is 1. The molecule has 0 radical (unpaired) electrons. The Morgan fingerprint density at radius 2 is 1.03 bits per heavy atom. The number of imidazole rings is 1. The predicted molar refractivity (Wildman–Crippen MR) is 252 cm³/mol. The molecule has 1 aliphatic heterocycles. The first-order chi connectivity index (χ1) is 32.5. The SMILES string of the molecule is O=C(Nc1nc2c(ncn2[C@@H]2O[C@H](COC(c3ccccc3)(c3ccccc3)c3ccccc3)[C@@H](O)[C@H]2OC(c2ccccc2)(c2ccccc2)c2ccccc2)c(=O)[nH]1)c1ccccc1. The summed E-state index contributed by atoms with van der Waals surface area (Å²) in [6.07, 6.45) is -3.18. The number of hydrogen-bond acceptors (Lipinski definition) is 8. The molecule has 10 rings (SSSR count). The summed E-state index contributed by atoms with van der Waals surface area (Å²) in [6, 6.07) is 68.1. The molecule has 0 saturated carbocycles. The highest BCUT2D eigenvalue weighted by Gasteiger charge is 2.52. The molecule has 1 aliphatic rings. The number of aromatic nitrogens is 4. The monoisotopic (exact) mass is 871 g/mol. The Kier molecular flexibility index (Phi) is 11.7. The Bertz CT molecular complexity index is 2890. The number of fused-ring (bicyclic) bond motifs is 1. The number of nitrogens with one attached hydrogen (secondary N) is 2. The number of amides is 1. The molecule has 9 aromatic rings. The number of hydrogen-bond donors (Lipinski definition) is 3. The van der Waals surface area contributed by atoms with Crippen LogP contribution in [0.25, 0.3) is 11.2 Å². The Hall–Kier alpha value is -7.80. The van der Waals surface area contributed by atoms with Crippen LogP contribution in [0.5, 0.6) is 0 Å². The third-order valence-corrected chi connectivity index (χ3v) is 12.1. The largest absolute Gasteiger partial charge is 0.387 e. The maximum Gasteiger partial charge on any atom is 0.280 e. The minimum atomic E-state index is -1.33. The molecule has 0 spiro atoms. The van der Waals surface area contributed by atoms with Crippen molar-refractivity contribution < 1.29 is 24.1 Å². The van der Waals surface area contributed by atoms with E-state index in [1.54, 1.807) is 34.9 Å². The standard InChI is InChI=1S/C55H45N5O6/c61-47-45(36-64-54(39-24-10-2-11-25-39,40-26-12-3-13-27-40)41-28-14-4-15-29-41)65-52(60-37-56-46-49(60)57-53(59-51(46)63)58-50(62)38-22-8-1-9-23-38)48(47)66-55(42-30-16-5-17-31-42,43-32-18-6-19-33-43)44-34-20-7-21-35-44/h1-35,37,45,47-48,52,61H,36H2,(H2,57,58,59,62,63)/t45-,47-,48-,52-/m1/s1. The van der Waals surface area contributed by atoms with Crippen molar-refractivity contribution in [3.05, 3.63) is 268 Å². The zero-order chi connectivity index (χ0) is 44.9. The molecule has 11 heteroatoms. The van der Waals surface area contributed by atoms with E-state index in [0.717, 1.165) is 33.4 Å². The van der Waals surface area contributed by atoms with Crippen molar-refractivity contribution in [1.29, 1.82) is 0 Å². The van der Waals surface area contributed by atoms with E-state index in [0.29, 0.717) is 5.56 Å². The number of aromatic amines is 1. The molecule has 2 aromatic heterocycles. The van der Waals surface area contributed by atoms with Gasteiger partial charge >= 0.3 is 0 Å². The van der Waals surface area contributed by atoms with Crippen LogP contribution in [0.4, 0.5) is 5.95 Å². The van der Waals surface area contributed by atoms with Crippen LogP contribution in [0.3, 0.4) is 0 Å². The van der Waals surface area contributed by atoms with Gasteiger partial charge in [0.15, 0.2) is 17.4 Å². The summed E-state index contributed by atoms with van der Waals surface area (Å²) in [5.41, 5.74) is 2.52. The number of H-pyrrole nitrogens is 1. The molecule has 7 aromatic carbocycles. The zero-order valence-electron chi connectivity index (χ0n) is 35.6. The van der Waals surface area contributed by atoms with E-state index >= 15 is 0 Å². The molecule has 0 aliphatic carbocycles. The van der Waals surface area contributed by atoms with Crippen LogP contribution in [0.1, 0.15) is 50.0 Å². The van der Waals surface area contributed by atoms with Gasteiger partial charge < -0.3 is 19.3 Å². The molecule has 3 N–H and O–H groups in total. The van der Waals surface area contributed by atoms with Crippen LogP contribution in [0.2, 0.25) is 0 Å². The van der Waals surface area contributed by atoms with Gasteiger partial charge in [-0.1, -0.05) is 200 Å². The van der Waals surface area contributed by atoms with Crippen LogP contribution >= 0.6 is 0 Å². The first-order valence-electron chi connectivity index (χ1n) is 21.8. The van der Waals surface area contributed by atoms with Crippen LogP contribution < -0.4 is 10.9 Å². The van der Waals surface area contributed by atoms with Gasteiger partial charge in [-0.05, 0) is 45.5 Å². The van der Waals surface area contributed by atoms with Gasteiger partial charge in [0.05, 0.1) is 12.9 Å². The Labute approximate surface area is 381 Å². The fourth-order valence-corrected chi connectivity index (χ4v) is 9.05. The number of rotatable bonds is 14. The average molecular weight is 872 g/mol. The van der Waals surface area contributed by atoms with Gasteiger partial charge in [-0.15, -0.1) is 0 Å². The van der Waals surface area contributed by atoms with Crippen molar-refractivity contribution in [3.63, 3.8) is 0 Å². The molecule has 11 nitrogen and oxygen atoms in total. The first kappa shape index (κ1) is 42.2. The van der Waals surface area contributed by atoms with E-state index in [-0.39, 0.29) is 23.7 Å². The fraction of sp³-hybridized carbons (Fsp3) is 0.127. The minimum Gasteiger partial charge on any atom is -0.387 e. The average Bonchev–Trinajstić information content (AvgIpc) is 3.95. The van der Waals surface area contributed by atoms with E-state index in [1.165, 1.54) is 6.33 Å². The summed E-state index contributed by atoms with van der Waals surface area (Å²) >= 11 is 0. The molecule has 4 atom stereocenters. The smallest absolute Gasteiger partial charge is 0.280 e. The Morgan fingerprint density at radius 1 is 0.621 bits per heavy atom. The van der Waals surface area contributed by atoms with E-state index in [4.69, 9.17) is 19.2 Å². The highest BCUT2D eigenvalue weighted by Crippen LogP contribution is 2.47. The van der Waals surface area contributed by atoms with Crippen LogP contribution in [-0.4, -0.2) is 55.5 Å². The molecule has 1 amide bonds. The number of aliphatic hydroxyl groups is 1. The third kappa shape index (κ3) is 7.80. The van der Waals surface area contributed by atoms with Crippen molar-refractivity contribution in [1.82, 2.24) is 19.5 Å². The van der Waals surface area contributed by atoms with Crippen LogP contribution in [-0.2, 0) is 25.4 Å². The second-order valence-corrected chi connectivity index (χ2v) is 16.1. The number of nitrogens with zero attached hydrogens (tertiary/aromatic N) is 3. The molecular weight excluding hydrogens is 827 g/mol. The van der Waals surface area contributed by atoms with Crippen molar-refractivity contribution >= 4 is 23.0 Å². The van der Waals surface area contributed by atoms with Gasteiger partial charge in [-0.2, -0.15) is 4.98 Å². The lowest BCUT2D eigenvalue weighted by Gasteiger charge is -2.40. The maximum absolute atomic E-state index is 13.7. The molecule has 0 unspecified atom stereocenters. The number of carbonyl (C=O) groups excluding carboxylic acids is 1. The lowest BCUT2D eigenvalue weighted by molar-refractivity contribution is -0.122. The maximum atomic E-state index is 13.7. The minimum absolute atomic E-state index is 0.000871. The van der Waals surface area contributed by atoms with Gasteiger partial charge in [0, 0.05) is 5.56 Å². The van der Waals surface area contributed by atoms with Gasteiger partial charge in [-0.3, -0.25) is 24.5 Å². The first-order valence-corrected chi connectivity index (χ1v) is 21.8. The van der Waals surface area contributed by atoms with Gasteiger partial charge in [-0.25, -0.2) is 4.98 Å². The number of carbonyl (C=O) groups is 1. The van der Waals surface area contributed by atoms with Crippen LogP contribution in [0.15, 0.2) is 223 Å². The summed E-state index contributed by atoms with van der Waals surface area (Å²) in [4.78, 5) is 38.9. The highest BCUT2D eigenvalue weighted by atomic mass is 16.6. The van der Waals surface area contributed by atoms with E-state index in [2.05, 4.69) is 15.3 Å². The lowest BCUT2D eigenvalue weighted by Crippen LogP contribution is -2.45. The third-order valence-electron chi connectivity index (χ3n) is 12.1. The van der Waals surface area contributed by atoms with Crippen LogP contribution in [0, 0.1) is 0 Å². The molecule has 326 valence electrons. The van der Waals surface area contributed by atoms with E-state index in [9.17, 15) is 14.7 Å². The lowest BCUT2D eigenvalue weighted by atomic mass is 9.79. The van der Waals surface area contributed by atoms with E-state index < -0.39 is 47.2 Å². The van der Waals surface area contributed by atoms with Crippen molar-refractivity contribution in [2.24, 2.45) is 0 Å². The Morgan fingerprint density at radius 3 is 1.47 bits per heavy atom.